The first-order valence-electron chi connectivity index (χ1n) is 9.70. The molecular formula is C23H21Cl2N3O2. The number of ether oxygens (including phenoxy) is 1. The third-order valence-corrected chi connectivity index (χ3v) is 5.59. The molecule has 0 N–H and O–H groups in total. The van der Waals surface area contributed by atoms with Gasteiger partial charge in [0.25, 0.3) is 5.91 Å². The molecule has 30 heavy (non-hydrogen) atoms. The fraction of sp³-hybridized carbons (Fsp3) is 0.217. The molecule has 5 nitrogen and oxygen atoms in total. The van der Waals surface area contributed by atoms with Crippen molar-refractivity contribution in [3.05, 3.63) is 76.5 Å². The van der Waals surface area contributed by atoms with Crippen molar-refractivity contribution in [2.24, 2.45) is 0 Å². The second kappa shape index (κ2) is 8.54. The molecule has 0 bridgehead atoms. The second-order valence-corrected chi connectivity index (χ2v) is 8.12. The van der Waals surface area contributed by atoms with Crippen molar-refractivity contribution in [1.82, 2.24) is 4.98 Å². The minimum Gasteiger partial charge on any atom is -0.455 e. The van der Waals surface area contributed by atoms with E-state index in [0.717, 1.165) is 17.9 Å². The summed E-state index contributed by atoms with van der Waals surface area (Å²) in [6.45, 7) is 5.61. The smallest absolute Gasteiger partial charge is 0.263 e. The number of aromatic nitrogens is 1. The minimum atomic E-state index is -0.174. The molecule has 0 aliphatic carbocycles. The Bertz CT molecular complexity index is 1090. The maximum absolute atomic E-state index is 13.5. The molecule has 1 aromatic heterocycles. The zero-order chi connectivity index (χ0) is 21.3. The maximum atomic E-state index is 13.5. The molecule has 0 spiro atoms. The van der Waals surface area contributed by atoms with Gasteiger partial charge >= 0.3 is 0 Å². The normalized spacial score (nSPS) is 13.4. The molecule has 0 atom stereocenters. The highest BCUT2D eigenvalue weighted by Crippen LogP contribution is 2.37. The van der Waals surface area contributed by atoms with Gasteiger partial charge in [-0.25, -0.2) is 0 Å². The fourth-order valence-electron chi connectivity index (χ4n) is 3.58. The third kappa shape index (κ3) is 3.95. The number of anilines is 2. The Kier molecular flexibility index (Phi) is 5.84. The predicted octanol–water partition coefficient (Wildman–Crippen LogP) is 6.06. The van der Waals surface area contributed by atoms with E-state index in [0.29, 0.717) is 39.7 Å². The molecule has 2 aromatic carbocycles. The summed E-state index contributed by atoms with van der Waals surface area (Å²) >= 11 is 12.3. The molecule has 0 saturated carbocycles. The SMILES string of the molecule is CC(C)N1CCN(C(=O)c2cnccc2Oc2cc(Cl)ccc2Cl)c2ccccc21. The van der Waals surface area contributed by atoms with E-state index >= 15 is 0 Å². The van der Waals surface area contributed by atoms with E-state index in [1.165, 1.54) is 6.20 Å². The number of carbonyl (C=O) groups excluding carboxylic acids is 1. The molecule has 2 heterocycles. The molecule has 7 heteroatoms. The van der Waals surface area contributed by atoms with Crippen LogP contribution in [0.25, 0.3) is 0 Å². The van der Waals surface area contributed by atoms with Crippen LogP contribution in [0.2, 0.25) is 10.0 Å². The van der Waals surface area contributed by atoms with Crippen molar-refractivity contribution in [1.29, 1.82) is 0 Å². The lowest BCUT2D eigenvalue weighted by molar-refractivity contribution is 0.0984. The van der Waals surface area contributed by atoms with Gasteiger partial charge in [0.1, 0.15) is 17.1 Å². The standard InChI is InChI=1S/C23H21Cl2N3O2/c1-15(2)27-11-12-28(20-6-4-3-5-19(20)27)23(29)17-14-26-10-9-21(17)30-22-13-16(24)7-8-18(22)25/h3-10,13-15H,11-12H2,1-2H3. The van der Waals surface area contributed by atoms with Crippen LogP contribution in [0, 0.1) is 0 Å². The van der Waals surface area contributed by atoms with E-state index in [-0.39, 0.29) is 5.91 Å². The van der Waals surface area contributed by atoms with Gasteiger partial charge in [-0.3, -0.25) is 9.78 Å². The summed E-state index contributed by atoms with van der Waals surface area (Å²) in [5, 5.41) is 0.903. The van der Waals surface area contributed by atoms with Crippen LogP contribution in [0.4, 0.5) is 11.4 Å². The quantitative estimate of drug-likeness (QED) is 0.493. The number of halogens is 2. The van der Waals surface area contributed by atoms with Gasteiger partial charge in [-0.05, 0) is 44.2 Å². The first-order valence-corrected chi connectivity index (χ1v) is 10.5. The number of hydrogen-bond donors (Lipinski definition) is 0. The molecule has 0 fully saturated rings. The number of para-hydroxylation sites is 2. The van der Waals surface area contributed by atoms with Gasteiger partial charge in [-0.1, -0.05) is 35.3 Å². The lowest BCUT2D eigenvalue weighted by atomic mass is 10.1. The Labute approximate surface area is 185 Å². The summed E-state index contributed by atoms with van der Waals surface area (Å²) < 4.78 is 5.97. The molecule has 0 radical (unpaired) electrons. The number of benzene rings is 2. The van der Waals surface area contributed by atoms with Crippen molar-refractivity contribution < 1.29 is 9.53 Å². The average molecular weight is 442 g/mol. The van der Waals surface area contributed by atoms with Crippen LogP contribution in [0.5, 0.6) is 11.5 Å². The third-order valence-electron chi connectivity index (χ3n) is 5.04. The first kappa shape index (κ1) is 20.5. The van der Waals surface area contributed by atoms with E-state index in [2.05, 4.69) is 23.7 Å². The van der Waals surface area contributed by atoms with E-state index in [1.54, 1.807) is 35.4 Å². The van der Waals surface area contributed by atoms with Gasteiger partial charge in [0.2, 0.25) is 0 Å². The largest absolute Gasteiger partial charge is 0.455 e. The Balaban J connectivity index is 1.69. The van der Waals surface area contributed by atoms with Crippen molar-refractivity contribution in [3.63, 3.8) is 0 Å². The highest BCUT2D eigenvalue weighted by molar-refractivity contribution is 6.34. The van der Waals surface area contributed by atoms with Crippen LogP contribution in [0.3, 0.4) is 0 Å². The van der Waals surface area contributed by atoms with E-state index < -0.39 is 0 Å². The Morgan fingerprint density at radius 2 is 1.80 bits per heavy atom. The molecule has 1 amide bonds. The highest BCUT2D eigenvalue weighted by atomic mass is 35.5. The molecule has 1 aliphatic rings. The summed E-state index contributed by atoms with van der Waals surface area (Å²) in [4.78, 5) is 21.7. The van der Waals surface area contributed by atoms with Gasteiger partial charge in [0, 0.05) is 42.6 Å². The molecule has 0 unspecified atom stereocenters. The van der Waals surface area contributed by atoms with Crippen LogP contribution in [-0.2, 0) is 0 Å². The molecule has 4 rings (SSSR count). The number of nitrogens with zero attached hydrogens (tertiary/aromatic N) is 3. The summed E-state index contributed by atoms with van der Waals surface area (Å²) in [6.07, 6.45) is 3.10. The van der Waals surface area contributed by atoms with Crippen LogP contribution in [0.15, 0.2) is 60.9 Å². The van der Waals surface area contributed by atoms with Crippen molar-refractivity contribution in [3.8, 4) is 11.5 Å². The summed E-state index contributed by atoms with van der Waals surface area (Å²) in [6, 6.07) is 14.9. The molecule has 0 saturated heterocycles. The molecular weight excluding hydrogens is 421 g/mol. The van der Waals surface area contributed by atoms with Crippen LogP contribution in [0.1, 0.15) is 24.2 Å². The first-order chi connectivity index (χ1) is 14.5. The summed E-state index contributed by atoms with van der Waals surface area (Å²) in [5.74, 6) is 0.587. The predicted molar refractivity (Wildman–Crippen MR) is 121 cm³/mol. The monoisotopic (exact) mass is 441 g/mol. The van der Waals surface area contributed by atoms with Gasteiger partial charge in [-0.15, -0.1) is 0 Å². The summed E-state index contributed by atoms with van der Waals surface area (Å²) in [5.41, 5.74) is 2.27. The lowest BCUT2D eigenvalue weighted by Crippen LogP contribution is -2.46. The number of amides is 1. The van der Waals surface area contributed by atoms with Gasteiger partial charge in [-0.2, -0.15) is 0 Å². The van der Waals surface area contributed by atoms with Crippen molar-refractivity contribution >= 4 is 40.5 Å². The number of hydrogen-bond acceptors (Lipinski definition) is 4. The van der Waals surface area contributed by atoms with Crippen molar-refractivity contribution in [2.45, 2.75) is 19.9 Å². The highest BCUT2D eigenvalue weighted by Gasteiger charge is 2.30. The maximum Gasteiger partial charge on any atom is 0.263 e. The fourth-order valence-corrected chi connectivity index (χ4v) is 3.90. The number of fused-ring (bicyclic) bond motifs is 1. The van der Waals surface area contributed by atoms with Gasteiger partial charge in [0.05, 0.1) is 16.4 Å². The Hall–Kier alpha value is -2.76. The van der Waals surface area contributed by atoms with Gasteiger partial charge in [0.15, 0.2) is 0 Å². The van der Waals surface area contributed by atoms with E-state index in [1.807, 2.05) is 24.3 Å². The Morgan fingerprint density at radius 1 is 1.03 bits per heavy atom. The second-order valence-electron chi connectivity index (χ2n) is 7.28. The zero-order valence-corrected chi connectivity index (χ0v) is 18.2. The van der Waals surface area contributed by atoms with E-state index in [9.17, 15) is 4.79 Å². The molecule has 3 aromatic rings. The zero-order valence-electron chi connectivity index (χ0n) is 16.7. The van der Waals surface area contributed by atoms with Crippen LogP contribution >= 0.6 is 23.2 Å². The topological polar surface area (TPSA) is 45.7 Å². The lowest BCUT2D eigenvalue weighted by Gasteiger charge is -2.40. The summed E-state index contributed by atoms with van der Waals surface area (Å²) in [7, 11) is 0. The van der Waals surface area contributed by atoms with Crippen LogP contribution in [-0.4, -0.2) is 30.0 Å². The number of pyridine rings is 1. The average Bonchev–Trinajstić information content (AvgIpc) is 2.75. The number of rotatable bonds is 4. The van der Waals surface area contributed by atoms with Crippen LogP contribution < -0.4 is 14.5 Å². The van der Waals surface area contributed by atoms with E-state index in [4.69, 9.17) is 27.9 Å². The molecule has 154 valence electrons. The minimum absolute atomic E-state index is 0.174. The van der Waals surface area contributed by atoms with Gasteiger partial charge < -0.3 is 14.5 Å². The molecule has 1 aliphatic heterocycles. The Morgan fingerprint density at radius 3 is 2.57 bits per heavy atom. The number of carbonyl (C=O) groups is 1. The van der Waals surface area contributed by atoms with Crippen molar-refractivity contribution in [2.75, 3.05) is 22.9 Å².